The van der Waals surface area contributed by atoms with Crippen molar-refractivity contribution < 1.29 is 0 Å². The molecule has 0 spiro atoms. The molecular formula is C57H35N3. The van der Waals surface area contributed by atoms with Gasteiger partial charge in [-0.05, 0) is 91.7 Å². The summed E-state index contributed by atoms with van der Waals surface area (Å²) < 4.78 is 0. The quantitative estimate of drug-likeness (QED) is 0.158. The van der Waals surface area contributed by atoms with E-state index in [1.807, 2.05) is 12.1 Å². The van der Waals surface area contributed by atoms with Crippen molar-refractivity contribution in [2.24, 2.45) is 0 Å². The van der Waals surface area contributed by atoms with Gasteiger partial charge in [0.2, 0.25) is 0 Å². The van der Waals surface area contributed by atoms with Gasteiger partial charge in [-0.1, -0.05) is 176 Å². The zero-order valence-corrected chi connectivity index (χ0v) is 32.5. The van der Waals surface area contributed by atoms with Crippen molar-refractivity contribution in [1.29, 1.82) is 0 Å². The third kappa shape index (κ3) is 5.79. The molecule has 0 unspecified atom stereocenters. The molecule has 0 saturated heterocycles. The van der Waals surface area contributed by atoms with E-state index < -0.39 is 0 Å². The predicted octanol–water partition coefficient (Wildman–Crippen LogP) is 15.0. The minimum atomic E-state index is 0.893. The van der Waals surface area contributed by atoms with Gasteiger partial charge in [-0.2, -0.15) is 0 Å². The fraction of sp³-hybridized carbons (Fsp3) is 0. The highest BCUT2D eigenvalue weighted by molar-refractivity contribution is 6.15. The third-order valence-corrected chi connectivity index (χ3v) is 12.0. The van der Waals surface area contributed by atoms with Crippen LogP contribution < -0.4 is 0 Å². The van der Waals surface area contributed by atoms with E-state index in [2.05, 4.69) is 200 Å². The molecule has 3 aromatic heterocycles. The Balaban J connectivity index is 0.889. The van der Waals surface area contributed by atoms with Crippen molar-refractivity contribution in [2.75, 3.05) is 0 Å². The van der Waals surface area contributed by atoms with E-state index in [1.54, 1.807) is 0 Å². The Hall–Kier alpha value is -8.01. The summed E-state index contributed by atoms with van der Waals surface area (Å²) >= 11 is 0. The van der Waals surface area contributed by atoms with Crippen molar-refractivity contribution in [3.05, 3.63) is 212 Å². The molecule has 0 radical (unpaired) electrons. The number of benzene rings is 8. The van der Waals surface area contributed by atoms with Gasteiger partial charge in [0.15, 0.2) is 0 Å². The maximum atomic E-state index is 5.31. The Morgan fingerprint density at radius 2 is 0.700 bits per heavy atom. The Bertz CT molecular complexity index is 3400. The molecule has 0 aliphatic heterocycles. The van der Waals surface area contributed by atoms with Gasteiger partial charge in [-0.3, -0.25) is 0 Å². The second-order valence-electron chi connectivity index (χ2n) is 15.6. The molecule has 278 valence electrons. The van der Waals surface area contributed by atoms with Crippen molar-refractivity contribution in [3.63, 3.8) is 0 Å². The number of pyridine rings is 3. The van der Waals surface area contributed by atoms with Crippen LogP contribution in [0.4, 0.5) is 0 Å². The van der Waals surface area contributed by atoms with Gasteiger partial charge >= 0.3 is 0 Å². The first kappa shape index (κ1) is 34.1. The normalized spacial score (nSPS) is 11.7. The lowest BCUT2D eigenvalue weighted by atomic mass is 9.96. The fourth-order valence-corrected chi connectivity index (χ4v) is 8.96. The lowest BCUT2D eigenvalue weighted by molar-refractivity contribution is 1.32. The van der Waals surface area contributed by atoms with Gasteiger partial charge in [0.1, 0.15) is 0 Å². The minimum absolute atomic E-state index is 0.893. The van der Waals surface area contributed by atoms with Gasteiger partial charge in [0.25, 0.3) is 0 Å². The van der Waals surface area contributed by atoms with Crippen LogP contribution >= 0.6 is 0 Å². The molecule has 8 aromatic carbocycles. The van der Waals surface area contributed by atoms with E-state index in [0.29, 0.717) is 0 Å². The summed E-state index contributed by atoms with van der Waals surface area (Å²) in [4.78, 5) is 15.7. The largest absolute Gasteiger partial charge is 0.248 e. The van der Waals surface area contributed by atoms with Crippen molar-refractivity contribution in [3.8, 4) is 89.5 Å². The maximum Gasteiger partial charge on any atom is 0.0972 e. The van der Waals surface area contributed by atoms with Gasteiger partial charge in [-0.25, -0.2) is 15.0 Å². The average Bonchev–Trinajstić information content (AvgIpc) is 3.65. The molecule has 12 rings (SSSR count). The van der Waals surface area contributed by atoms with Gasteiger partial charge < -0.3 is 0 Å². The van der Waals surface area contributed by atoms with Crippen LogP contribution in [0.15, 0.2) is 212 Å². The Kier molecular flexibility index (Phi) is 7.85. The molecule has 3 heterocycles. The predicted molar refractivity (Wildman–Crippen MR) is 249 cm³/mol. The SMILES string of the molecule is c1ccc(-c2cc(-c3cccc(-c4ccc5ccc6ccc(-c7ccc(-c8ccc9c(c8)-c8cccc%10cccc-9c8%10)cc7)nc6c5n4)c3)cc(-c3ccccc3)n2)cc1. The third-order valence-electron chi connectivity index (χ3n) is 12.0. The van der Waals surface area contributed by atoms with Crippen LogP contribution in [0.3, 0.4) is 0 Å². The molecule has 1 aliphatic carbocycles. The minimum Gasteiger partial charge on any atom is -0.248 e. The number of nitrogens with zero attached hydrogens (tertiary/aromatic N) is 3. The molecule has 0 fully saturated rings. The van der Waals surface area contributed by atoms with Crippen LogP contribution in [0.1, 0.15) is 0 Å². The topological polar surface area (TPSA) is 38.7 Å². The van der Waals surface area contributed by atoms with Crippen LogP contribution in [0.5, 0.6) is 0 Å². The van der Waals surface area contributed by atoms with Crippen LogP contribution in [0, 0.1) is 0 Å². The van der Waals surface area contributed by atoms with E-state index in [0.717, 1.165) is 78.0 Å². The van der Waals surface area contributed by atoms with E-state index in [-0.39, 0.29) is 0 Å². The van der Waals surface area contributed by atoms with Gasteiger partial charge in [-0.15, -0.1) is 0 Å². The number of fused-ring (bicyclic) bond motifs is 6. The molecule has 3 heteroatoms. The van der Waals surface area contributed by atoms with Gasteiger partial charge in [0, 0.05) is 33.0 Å². The molecule has 0 atom stereocenters. The van der Waals surface area contributed by atoms with E-state index >= 15 is 0 Å². The molecule has 3 nitrogen and oxygen atoms in total. The number of rotatable bonds is 6. The Morgan fingerprint density at radius 3 is 1.35 bits per heavy atom. The summed E-state index contributed by atoms with van der Waals surface area (Å²) in [5.41, 5.74) is 19.6. The van der Waals surface area contributed by atoms with Crippen LogP contribution in [0.25, 0.3) is 122 Å². The van der Waals surface area contributed by atoms with Crippen molar-refractivity contribution >= 4 is 32.6 Å². The number of hydrogen-bond donors (Lipinski definition) is 0. The second-order valence-corrected chi connectivity index (χ2v) is 15.6. The molecular weight excluding hydrogens is 727 g/mol. The summed E-state index contributed by atoms with van der Waals surface area (Å²) in [6, 6.07) is 75.6. The zero-order chi connectivity index (χ0) is 39.6. The molecule has 0 N–H and O–H groups in total. The van der Waals surface area contributed by atoms with Crippen LogP contribution in [0.2, 0.25) is 0 Å². The second kappa shape index (κ2) is 13.8. The van der Waals surface area contributed by atoms with Crippen LogP contribution in [-0.4, -0.2) is 15.0 Å². The summed E-state index contributed by atoms with van der Waals surface area (Å²) in [6.07, 6.45) is 0. The lowest BCUT2D eigenvalue weighted by Crippen LogP contribution is -1.92. The Labute approximate surface area is 348 Å². The van der Waals surface area contributed by atoms with Crippen molar-refractivity contribution in [1.82, 2.24) is 15.0 Å². The maximum absolute atomic E-state index is 5.31. The monoisotopic (exact) mass is 761 g/mol. The summed E-state index contributed by atoms with van der Waals surface area (Å²) in [6.45, 7) is 0. The molecule has 60 heavy (non-hydrogen) atoms. The zero-order valence-electron chi connectivity index (χ0n) is 32.5. The van der Waals surface area contributed by atoms with Gasteiger partial charge in [0.05, 0.1) is 33.8 Å². The highest BCUT2D eigenvalue weighted by atomic mass is 14.8. The van der Waals surface area contributed by atoms with E-state index in [4.69, 9.17) is 15.0 Å². The molecule has 11 aromatic rings. The molecule has 0 bridgehead atoms. The first-order valence-corrected chi connectivity index (χ1v) is 20.4. The van der Waals surface area contributed by atoms with Crippen molar-refractivity contribution in [2.45, 2.75) is 0 Å². The summed E-state index contributed by atoms with van der Waals surface area (Å²) in [5.74, 6) is 0. The number of hydrogen-bond acceptors (Lipinski definition) is 3. The summed E-state index contributed by atoms with van der Waals surface area (Å²) in [7, 11) is 0. The number of aromatic nitrogens is 3. The first-order valence-electron chi connectivity index (χ1n) is 20.4. The molecule has 0 amide bonds. The highest BCUT2D eigenvalue weighted by Gasteiger charge is 2.21. The standard InChI is InChI=1S/C57H35N3/c1-3-10-37(11-4-1)53-34-46(35-54(58-53)38-12-5-2-6-13-38)43-16-7-17-45(32-43)52-31-28-42-25-24-41-27-30-51(59-56(41)57(42)60-52)39-22-20-36(21-23-39)44-26-29-47-48-18-8-14-40-15-9-19-49(55(40)48)50(47)33-44/h1-35H. The van der Waals surface area contributed by atoms with E-state index in [9.17, 15) is 0 Å². The lowest BCUT2D eigenvalue weighted by Gasteiger charge is -2.12. The molecule has 0 saturated carbocycles. The Morgan fingerprint density at radius 1 is 0.217 bits per heavy atom. The highest BCUT2D eigenvalue weighted by Crippen LogP contribution is 2.48. The first-order chi connectivity index (χ1) is 29.7. The van der Waals surface area contributed by atoms with Crippen LogP contribution in [-0.2, 0) is 0 Å². The smallest absolute Gasteiger partial charge is 0.0972 e. The summed E-state index contributed by atoms with van der Waals surface area (Å²) in [5, 5.41) is 4.77. The fourth-order valence-electron chi connectivity index (χ4n) is 8.96. The molecule has 1 aliphatic rings. The van der Waals surface area contributed by atoms with E-state index in [1.165, 1.54) is 44.2 Å². The average molecular weight is 762 g/mol.